The quantitative estimate of drug-likeness (QED) is 0.834. The van der Waals surface area contributed by atoms with Crippen LogP contribution in [0.3, 0.4) is 0 Å². The maximum Gasteiger partial charge on any atom is 0.0831 e. The third-order valence-electron chi connectivity index (χ3n) is 2.10. The molecule has 0 saturated heterocycles. The van der Waals surface area contributed by atoms with Crippen LogP contribution in [-0.2, 0) is 6.42 Å². The molecule has 2 nitrogen and oxygen atoms in total. The molecule has 0 bridgehead atoms. The Morgan fingerprint density at radius 2 is 2.07 bits per heavy atom. The number of aliphatic hydroxyl groups is 1. The Kier molecular flexibility index (Phi) is 2.91. The molecule has 0 aromatic carbocycles. The van der Waals surface area contributed by atoms with Gasteiger partial charge in [-0.3, -0.25) is 4.98 Å². The van der Waals surface area contributed by atoms with Crippen LogP contribution in [0, 0.1) is 0 Å². The molecular weight excluding hydrogens is 194 g/mol. The average molecular weight is 205 g/mol. The van der Waals surface area contributed by atoms with E-state index in [-0.39, 0.29) is 0 Å². The zero-order valence-corrected chi connectivity index (χ0v) is 8.45. The molecule has 3 heteroatoms. The van der Waals surface area contributed by atoms with E-state index < -0.39 is 6.10 Å². The molecule has 0 saturated carbocycles. The van der Waals surface area contributed by atoms with Crippen LogP contribution < -0.4 is 0 Å². The highest BCUT2D eigenvalue weighted by Crippen LogP contribution is 2.18. The second kappa shape index (κ2) is 4.35. The second-order valence-corrected chi connectivity index (χ2v) is 3.91. The molecule has 2 heterocycles. The van der Waals surface area contributed by atoms with Crippen LogP contribution in [0.2, 0.25) is 0 Å². The van der Waals surface area contributed by atoms with Gasteiger partial charge in [-0.05, 0) is 40.1 Å². The molecule has 1 N–H and O–H groups in total. The van der Waals surface area contributed by atoms with Crippen LogP contribution in [0.25, 0.3) is 0 Å². The Morgan fingerprint density at radius 1 is 1.29 bits per heavy atom. The molecule has 0 aliphatic rings. The number of nitrogens with zero attached hydrogens (tertiary/aromatic N) is 1. The molecule has 1 atom stereocenters. The van der Waals surface area contributed by atoms with Crippen molar-refractivity contribution in [1.82, 2.24) is 4.98 Å². The van der Waals surface area contributed by atoms with Crippen molar-refractivity contribution in [3.8, 4) is 0 Å². The molecule has 2 rings (SSSR count). The lowest BCUT2D eigenvalue weighted by molar-refractivity contribution is 0.178. The molecular formula is C11H11NOS. The third-order valence-corrected chi connectivity index (χ3v) is 2.83. The van der Waals surface area contributed by atoms with E-state index in [2.05, 4.69) is 10.4 Å². The zero-order valence-electron chi connectivity index (χ0n) is 7.63. The summed E-state index contributed by atoms with van der Waals surface area (Å²) in [6, 6.07) is 5.73. The average Bonchev–Trinajstić information content (AvgIpc) is 2.72. The van der Waals surface area contributed by atoms with E-state index in [1.807, 2.05) is 23.6 Å². The molecule has 72 valence electrons. The Morgan fingerprint density at radius 3 is 2.71 bits per heavy atom. The van der Waals surface area contributed by atoms with E-state index in [9.17, 15) is 5.11 Å². The largest absolute Gasteiger partial charge is 0.388 e. The highest BCUT2D eigenvalue weighted by molar-refractivity contribution is 7.07. The van der Waals surface area contributed by atoms with E-state index >= 15 is 0 Å². The van der Waals surface area contributed by atoms with Crippen LogP contribution in [0.5, 0.6) is 0 Å². The Hall–Kier alpha value is -1.19. The van der Waals surface area contributed by atoms with Crippen LogP contribution in [0.4, 0.5) is 0 Å². The lowest BCUT2D eigenvalue weighted by atomic mass is 10.1. The molecule has 0 spiro atoms. The van der Waals surface area contributed by atoms with Gasteiger partial charge in [0, 0.05) is 18.8 Å². The number of hydrogen-bond donors (Lipinski definition) is 1. The van der Waals surface area contributed by atoms with E-state index in [4.69, 9.17) is 0 Å². The van der Waals surface area contributed by atoms with Crippen molar-refractivity contribution in [2.75, 3.05) is 0 Å². The van der Waals surface area contributed by atoms with Crippen molar-refractivity contribution < 1.29 is 5.11 Å². The zero-order chi connectivity index (χ0) is 9.80. The van der Waals surface area contributed by atoms with Gasteiger partial charge in [0.1, 0.15) is 0 Å². The Labute approximate surface area is 86.9 Å². The number of thiophene rings is 1. The molecule has 14 heavy (non-hydrogen) atoms. The maximum absolute atomic E-state index is 9.87. The van der Waals surface area contributed by atoms with E-state index in [1.54, 1.807) is 23.7 Å². The molecule has 0 aliphatic heterocycles. The molecule has 0 aliphatic carbocycles. The van der Waals surface area contributed by atoms with Gasteiger partial charge in [0.2, 0.25) is 0 Å². The topological polar surface area (TPSA) is 33.1 Å². The minimum absolute atomic E-state index is 0.424. The third kappa shape index (κ3) is 2.19. The van der Waals surface area contributed by atoms with Gasteiger partial charge in [-0.15, -0.1) is 0 Å². The fraction of sp³-hybridized carbons (Fsp3) is 0.182. The first-order valence-corrected chi connectivity index (χ1v) is 5.39. The van der Waals surface area contributed by atoms with Crippen molar-refractivity contribution in [2.24, 2.45) is 0 Å². The number of pyridine rings is 1. The lowest BCUT2D eigenvalue weighted by Gasteiger charge is -2.08. The van der Waals surface area contributed by atoms with Crippen LogP contribution in [0.1, 0.15) is 17.2 Å². The minimum Gasteiger partial charge on any atom is -0.388 e. The normalized spacial score (nSPS) is 12.6. The smallest absolute Gasteiger partial charge is 0.0831 e. The van der Waals surface area contributed by atoms with Crippen molar-refractivity contribution in [3.63, 3.8) is 0 Å². The molecule has 0 amide bonds. The van der Waals surface area contributed by atoms with Gasteiger partial charge in [-0.25, -0.2) is 0 Å². The first-order chi connectivity index (χ1) is 6.86. The van der Waals surface area contributed by atoms with Crippen LogP contribution >= 0.6 is 11.3 Å². The van der Waals surface area contributed by atoms with Crippen molar-refractivity contribution in [3.05, 3.63) is 52.5 Å². The maximum atomic E-state index is 9.87. The molecule has 2 aromatic rings. The van der Waals surface area contributed by atoms with Gasteiger partial charge in [-0.1, -0.05) is 0 Å². The van der Waals surface area contributed by atoms with Gasteiger partial charge in [0.05, 0.1) is 6.10 Å². The summed E-state index contributed by atoms with van der Waals surface area (Å²) in [6.45, 7) is 0. The highest BCUT2D eigenvalue weighted by Gasteiger charge is 2.07. The fourth-order valence-electron chi connectivity index (χ4n) is 1.34. The predicted octanol–water partition coefficient (Wildman–Crippen LogP) is 2.42. The van der Waals surface area contributed by atoms with Crippen molar-refractivity contribution >= 4 is 11.3 Å². The SMILES string of the molecule is OC(Cc1ccsc1)c1ccncc1. The van der Waals surface area contributed by atoms with E-state index in [1.165, 1.54) is 5.56 Å². The molecule has 1 unspecified atom stereocenters. The monoisotopic (exact) mass is 205 g/mol. The second-order valence-electron chi connectivity index (χ2n) is 3.13. The summed E-state index contributed by atoms with van der Waals surface area (Å²) in [5, 5.41) is 14.0. The number of rotatable bonds is 3. The van der Waals surface area contributed by atoms with Gasteiger partial charge >= 0.3 is 0 Å². The summed E-state index contributed by atoms with van der Waals surface area (Å²) >= 11 is 1.65. The first-order valence-electron chi connectivity index (χ1n) is 4.45. The number of aliphatic hydroxyl groups excluding tert-OH is 1. The summed E-state index contributed by atoms with van der Waals surface area (Å²) in [6.07, 6.45) is 3.65. The summed E-state index contributed by atoms with van der Waals surface area (Å²) in [7, 11) is 0. The molecule has 0 fully saturated rings. The number of aromatic nitrogens is 1. The van der Waals surface area contributed by atoms with Gasteiger partial charge in [-0.2, -0.15) is 11.3 Å². The Balaban J connectivity index is 2.07. The molecule has 2 aromatic heterocycles. The van der Waals surface area contributed by atoms with Crippen molar-refractivity contribution in [2.45, 2.75) is 12.5 Å². The van der Waals surface area contributed by atoms with Crippen LogP contribution in [-0.4, -0.2) is 10.1 Å². The lowest BCUT2D eigenvalue weighted by Crippen LogP contribution is -2.00. The van der Waals surface area contributed by atoms with Crippen molar-refractivity contribution in [1.29, 1.82) is 0 Å². The number of hydrogen-bond acceptors (Lipinski definition) is 3. The predicted molar refractivity (Wildman–Crippen MR) is 57.2 cm³/mol. The fourth-order valence-corrected chi connectivity index (χ4v) is 2.02. The summed E-state index contributed by atoms with van der Waals surface area (Å²) in [5.74, 6) is 0. The van der Waals surface area contributed by atoms with E-state index in [0.29, 0.717) is 6.42 Å². The Bertz CT molecular complexity index is 371. The van der Waals surface area contributed by atoms with Gasteiger partial charge in [0.25, 0.3) is 0 Å². The standard InChI is InChI=1S/C11H11NOS/c13-11(7-9-3-6-14-8-9)10-1-4-12-5-2-10/h1-6,8,11,13H,7H2. The highest BCUT2D eigenvalue weighted by atomic mass is 32.1. The summed E-state index contributed by atoms with van der Waals surface area (Å²) in [4.78, 5) is 3.92. The first kappa shape index (κ1) is 9.37. The minimum atomic E-state index is -0.424. The van der Waals surface area contributed by atoms with Gasteiger partial charge in [0.15, 0.2) is 0 Å². The van der Waals surface area contributed by atoms with Crippen LogP contribution in [0.15, 0.2) is 41.4 Å². The van der Waals surface area contributed by atoms with Gasteiger partial charge < -0.3 is 5.11 Å². The molecule has 0 radical (unpaired) electrons. The summed E-state index contributed by atoms with van der Waals surface area (Å²) in [5.41, 5.74) is 2.10. The summed E-state index contributed by atoms with van der Waals surface area (Å²) < 4.78 is 0. The van der Waals surface area contributed by atoms with E-state index in [0.717, 1.165) is 5.56 Å².